The molecule has 100 valence electrons. The summed E-state index contributed by atoms with van der Waals surface area (Å²) in [5.41, 5.74) is 0.988. The first-order valence-corrected chi connectivity index (χ1v) is 5.66. The number of aliphatic hydroxyl groups is 1. The first-order chi connectivity index (χ1) is 8.88. The fourth-order valence-electron chi connectivity index (χ4n) is 1.73. The molecule has 0 saturated heterocycles. The molecule has 0 amide bonds. The molecule has 0 aliphatic rings. The topological polar surface area (TPSA) is 33.1 Å². The summed E-state index contributed by atoms with van der Waals surface area (Å²) in [6, 6.07) is 7.91. The minimum absolute atomic E-state index is 0.381. The number of alkyl halides is 3. The highest BCUT2D eigenvalue weighted by Gasteiger charge is 2.30. The summed E-state index contributed by atoms with van der Waals surface area (Å²) in [5.74, 6) is 0. The second-order valence-corrected chi connectivity index (χ2v) is 4.28. The van der Waals surface area contributed by atoms with Crippen LogP contribution in [0.5, 0.6) is 0 Å². The average molecular weight is 267 g/mol. The average Bonchev–Trinajstić information content (AvgIpc) is 2.37. The van der Waals surface area contributed by atoms with E-state index in [4.69, 9.17) is 0 Å². The van der Waals surface area contributed by atoms with Gasteiger partial charge >= 0.3 is 6.18 Å². The van der Waals surface area contributed by atoms with Gasteiger partial charge in [0.2, 0.25) is 0 Å². The number of aryl methyl sites for hydroxylation is 1. The van der Waals surface area contributed by atoms with E-state index < -0.39 is 17.8 Å². The van der Waals surface area contributed by atoms with Crippen LogP contribution in [0.15, 0.2) is 42.6 Å². The van der Waals surface area contributed by atoms with Crippen molar-refractivity contribution < 1.29 is 18.3 Å². The Labute approximate surface area is 108 Å². The van der Waals surface area contributed by atoms with Gasteiger partial charge in [-0.2, -0.15) is 13.2 Å². The SMILES string of the molecule is Cc1ccnc(C(O)c2ccc(C(F)(F)F)cc2)c1. The quantitative estimate of drug-likeness (QED) is 0.903. The Hall–Kier alpha value is -1.88. The molecule has 0 spiro atoms. The van der Waals surface area contributed by atoms with E-state index in [-0.39, 0.29) is 0 Å². The molecule has 1 N–H and O–H groups in total. The van der Waals surface area contributed by atoms with E-state index >= 15 is 0 Å². The Morgan fingerprint density at radius 2 is 1.74 bits per heavy atom. The molecule has 1 aromatic carbocycles. The number of benzene rings is 1. The monoisotopic (exact) mass is 267 g/mol. The molecule has 0 aliphatic carbocycles. The zero-order chi connectivity index (χ0) is 14.0. The molecule has 2 rings (SSSR count). The number of nitrogens with zero attached hydrogens (tertiary/aromatic N) is 1. The second kappa shape index (κ2) is 5.01. The van der Waals surface area contributed by atoms with Gasteiger partial charge in [-0.15, -0.1) is 0 Å². The summed E-state index contributed by atoms with van der Waals surface area (Å²) in [7, 11) is 0. The lowest BCUT2D eigenvalue weighted by Crippen LogP contribution is -2.06. The Balaban J connectivity index is 2.27. The van der Waals surface area contributed by atoms with Crippen LogP contribution in [0.4, 0.5) is 13.2 Å². The summed E-state index contributed by atoms with van der Waals surface area (Å²) in [6.45, 7) is 1.85. The molecule has 1 aromatic heterocycles. The maximum atomic E-state index is 12.4. The fraction of sp³-hybridized carbons (Fsp3) is 0.214. The number of aromatic nitrogens is 1. The van der Waals surface area contributed by atoms with Crippen molar-refractivity contribution in [3.63, 3.8) is 0 Å². The van der Waals surface area contributed by atoms with E-state index in [1.165, 1.54) is 12.1 Å². The molecule has 1 atom stereocenters. The number of rotatable bonds is 2. The van der Waals surface area contributed by atoms with Crippen LogP contribution < -0.4 is 0 Å². The van der Waals surface area contributed by atoms with Crippen LogP contribution in [0.3, 0.4) is 0 Å². The highest BCUT2D eigenvalue weighted by atomic mass is 19.4. The standard InChI is InChI=1S/C14H12F3NO/c1-9-6-7-18-12(8-9)13(19)10-2-4-11(5-3-10)14(15,16)17/h2-8,13,19H,1H3. The van der Waals surface area contributed by atoms with Crippen molar-refractivity contribution in [1.29, 1.82) is 0 Å². The summed E-state index contributed by atoms with van der Waals surface area (Å²) < 4.78 is 37.3. The Bertz CT molecular complexity index is 564. The van der Waals surface area contributed by atoms with Crippen molar-refractivity contribution in [2.75, 3.05) is 0 Å². The van der Waals surface area contributed by atoms with Crippen LogP contribution in [0.25, 0.3) is 0 Å². The molecular weight excluding hydrogens is 255 g/mol. The summed E-state index contributed by atoms with van der Waals surface area (Å²) in [4.78, 5) is 4.01. The molecule has 2 aromatic rings. The first-order valence-electron chi connectivity index (χ1n) is 5.66. The predicted molar refractivity (Wildman–Crippen MR) is 64.5 cm³/mol. The van der Waals surface area contributed by atoms with E-state index in [1.54, 1.807) is 18.3 Å². The lowest BCUT2D eigenvalue weighted by Gasteiger charge is -2.12. The van der Waals surface area contributed by atoms with Crippen LogP contribution in [-0.2, 0) is 6.18 Å². The molecule has 0 radical (unpaired) electrons. The van der Waals surface area contributed by atoms with Crippen LogP contribution in [0, 0.1) is 6.92 Å². The number of halogens is 3. The molecule has 19 heavy (non-hydrogen) atoms. The molecule has 0 fully saturated rings. The number of hydrogen-bond donors (Lipinski definition) is 1. The largest absolute Gasteiger partial charge is 0.416 e. The minimum atomic E-state index is -4.37. The van der Waals surface area contributed by atoms with Crippen molar-refractivity contribution in [3.05, 3.63) is 65.0 Å². The lowest BCUT2D eigenvalue weighted by atomic mass is 10.0. The lowest BCUT2D eigenvalue weighted by molar-refractivity contribution is -0.137. The van der Waals surface area contributed by atoms with Crippen LogP contribution in [-0.4, -0.2) is 10.1 Å². The Morgan fingerprint density at radius 3 is 2.26 bits per heavy atom. The zero-order valence-corrected chi connectivity index (χ0v) is 10.1. The van der Waals surface area contributed by atoms with Crippen molar-refractivity contribution in [3.8, 4) is 0 Å². The molecule has 0 aliphatic heterocycles. The van der Waals surface area contributed by atoms with Crippen molar-refractivity contribution >= 4 is 0 Å². The highest BCUT2D eigenvalue weighted by molar-refractivity contribution is 5.31. The second-order valence-electron chi connectivity index (χ2n) is 4.28. The van der Waals surface area contributed by atoms with Gasteiger partial charge in [0, 0.05) is 6.20 Å². The third kappa shape index (κ3) is 3.12. The van der Waals surface area contributed by atoms with E-state index in [1.807, 2.05) is 6.92 Å². The van der Waals surface area contributed by atoms with Crippen LogP contribution >= 0.6 is 0 Å². The smallest absolute Gasteiger partial charge is 0.382 e. The summed E-state index contributed by atoms with van der Waals surface area (Å²) in [6.07, 6.45) is -3.84. The maximum absolute atomic E-state index is 12.4. The first kappa shape index (κ1) is 13.5. The van der Waals surface area contributed by atoms with Gasteiger partial charge in [0.25, 0.3) is 0 Å². The van der Waals surface area contributed by atoms with Gasteiger partial charge in [-0.3, -0.25) is 4.98 Å². The summed E-state index contributed by atoms with van der Waals surface area (Å²) >= 11 is 0. The van der Waals surface area contributed by atoms with E-state index in [0.717, 1.165) is 17.7 Å². The fourth-order valence-corrected chi connectivity index (χ4v) is 1.73. The van der Waals surface area contributed by atoms with Gasteiger partial charge in [-0.1, -0.05) is 12.1 Å². The van der Waals surface area contributed by atoms with Gasteiger partial charge in [0.05, 0.1) is 11.3 Å². The molecule has 1 unspecified atom stereocenters. The van der Waals surface area contributed by atoms with Gasteiger partial charge < -0.3 is 5.11 Å². The summed E-state index contributed by atoms with van der Waals surface area (Å²) in [5, 5.41) is 10.1. The normalized spacial score (nSPS) is 13.3. The minimum Gasteiger partial charge on any atom is -0.382 e. The molecule has 0 bridgehead atoms. The molecule has 1 heterocycles. The number of aliphatic hydroxyl groups excluding tert-OH is 1. The molecule has 2 nitrogen and oxygen atoms in total. The maximum Gasteiger partial charge on any atom is 0.416 e. The van der Waals surface area contributed by atoms with E-state index in [0.29, 0.717) is 11.3 Å². The molecule has 5 heteroatoms. The van der Waals surface area contributed by atoms with Gasteiger partial charge in [0.15, 0.2) is 0 Å². The van der Waals surface area contributed by atoms with Crippen molar-refractivity contribution in [1.82, 2.24) is 4.98 Å². The molecule has 0 saturated carbocycles. The van der Waals surface area contributed by atoms with Crippen molar-refractivity contribution in [2.24, 2.45) is 0 Å². The Kier molecular flexibility index (Phi) is 3.57. The zero-order valence-electron chi connectivity index (χ0n) is 10.1. The van der Waals surface area contributed by atoms with Crippen LogP contribution in [0.2, 0.25) is 0 Å². The number of pyridine rings is 1. The Morgan fingerprint density at radius 1 is 1.11 bits per heavy atom. The molecular formula is C14H12F3NO. The van der Waals surface area contributed by atoms with Gasteiger partial charge in [-0.25, -0.2) is 0 Å². The van der Waals surface area contributed by atoms with Crippen LogP contribution in [0.1, 0.15) is 28.5 Å². The predicted octanol–water partition coefficient (Wildman–Crippen LogP) is 3.49. The third-order valence-corrected chi connectivity index (χ3v) is 2.77. The number of hydrogen-bond acceptors (Lipinski definition) is 2. The van der Waals surface area contributed by atoms with Crippen molar-refractivity contribution in [2.45, 2.75) is 19.2 Å². The highest BCUT2D eigenvalue weighted by Crippen LogP contribution is 2.30. The third-order valence-electron chi connectivity index (χ3n) is 2.77. The van der Waals surface area contributed by atoms with Gasteiger partial charge in [0.1, 0.15) is 6.10 Å². The van der Waals surface area contributed by atoms with E-state index in [2.05, 4.69) is 4.98 Å². The van der Waals surface area contributed by atoms with Gasteiger partial charge in [-0.05, 0) is 42.3 Å². The van der Waals surface area contributed by atoms with E-state index in [9.17, 15) is 18.3 Å².